The summed E-state index contributed by atoms with van der Waals surface area (Å²) in [7, 11) is 15.1. The second-order valence-electron chi connectivity index (χ2n) is 19.2. The summed E-state index contributed by atoms with van der Waals surface area (Å²) in [6.07, 6.45) is 16.7. The smallest absolute Gasteiger partial charge is 0.311 e. The maximum Gasteiger partial charge on any atom is 0.311 e. The molecule has 3 aromatic carbocycles. The van der Waals surface area contributed by atoms with E-state index in [2.05, 4.69) is 62.6 Å². The number of nitrogens with zero attached hydrogens (tertiary/aromatic N) is 2. The quantitative estimate of drug-likeness (QED) is 0.0454. The van der Waals surface area contributed by atoms with Gasteiger partial charge in [0.15, 0.2) is 34.5 Å². The molecule has 1 spiro atoms. The molecular weight excluding hydrogens is 797 g/mol. The lowest BCUT2D eigenvalue weighted by Gasteiger charge is -2.60. The van der Waals surface area contributed by atoms with Crippen LogP contribution in [-0.2, 0) is 38.9 Å². The Morgan fingerprint density at radius 2 is 1.40 bits per heavy atom. The average Bonchev–Trinajstić information content (AvgIpc) is 3.66. The van der Waals surface area contributed by atoms with Crippen molar-refractivity contribution in [3.05, 3.63) is 82.4 Å². The summed E-state index contributed by atoms with van der Waals surface area (Å²) >= 11 is 0. The fraction of sp³-hybridized carbons (Fsp3) is 0.596. The van der Waals surface area contributed by atoms with Gasteiger partial charge in [0.1, 0.15) is 24.3 Å². The Kier molecular flexibility index (Phi) is 13.6. The molecule has 0 aromatic heterocycles. The largest absolute Gasteiger partial charge is 0.493 e. The van der Waals surface area contributed by atoms with E-state index in [4.69, 9.17) is 37.9 Å². The number of likely N-dealkylation sites (tertiary alicyclic amines) is 1. The van der Waals surface area contributed by atoms with Crippen LogP contribution in [0.15, 0.2) is 54.6 Å². The van der Waals surface area contributed by atoms with Crippen LogP contribution in [0.25, 0.3) is 0 Å². The number of quaternary nitrogens is 2. The number of hydrogen-bond acceptors (Lipinski definition) is 9. The molecule has 5 aliphatic rings. The highest BCUT2D eigenvalue weighted by Gasteiger charge is 2.68. The van der Waals surface area contributed by atoms with Gasteiger partial charge >= 0.3 is 5.97 Å². The molecule has 342 valence electrons. The SMILES string of the molecule is COc1ccc(C[C@@H]2c3cc(OC)c(OC)cc3CC[N+]2(C)CCCCCCCCCOC(=O)CC[N+]2(C)CCC34c5c6ccc(OC)c5OC3[C@@H](OC)C=CC4[C@H]2C6)cc1OC. The number of fused-ring (bicyclic) bond motifs is 1. The second-order valence-corrected chi connectivity index (χ2v) is 19.2. The monoisotopic (exact) mass is 869 g/mol. The first-order valence-corrected chi connectivity index (χ1v) is 23.4. The molecule has 0 saturated carbocycles. The number of ether oxygens (including phenoxy) is 8. The number of likely N-dealkylation sites (N-methyl/N-ethyl adjacent to an activating group) is 2. The Morgan fingerprint density at radius 3 is 2.13 bits per heavy atom. The highest BCUT2D eigenvalue weighted by molar-refractivity contribution is 5.69. The fourth-order valence-electron chi connectivity index (χ4n) is 12.3. The van der Waals surface area contributed by atoms with E-state index in [1.807, 2.05) is 6.07 Å². The van der Waals surface area contributed by atoms with Crippen molar-refractivity contribution < 1.29 is 51.7 Å². The van der Waals surface area contributed by atoms with Gasteiger partial charge in [0.2, 0.25) is 0 Å². The van der Waals surface area contributed by atoms with E-state index in [9.17, 15) is 4.79 Å². The molecule has 3 aliphatic heterocycles. The molecule has 2 bridgehead atoms. The van der Waals surface area contributed by atoms with Gasteiger partial charge in [-0.05, 0) is 66.3 Å². The van der Waals surface area contributed by atoms with Gasteiger partial charge in [-0.1, -0.05) is 50.0 Å². The zero-order chi connectivity index (χ0) is 44.4. The maximum atomic E-state index is 13.1. The van der Waals surface area contributed by atoms with Gasteiger partial charge in [-0.3, -0.25) is 4.79 Å². The van der Waals surface area contributed by atoms with Crippen LogP contribution in [0.5, 0.6) is 34.5 Å². The molecule has 2 aliphatic carbocycles. The first-order valence-electron chi connectivity index (χ1n) is 23.4. The van der Waals surface area contributed by atoms with E-state index >= 15 is 0 Å². The zero-order valence-corrected chi connectivity index (χ0v) is 39.2. The van der Waals surface area contributed by atoms with Crippen LogP contribution in [0.1, 0.15) is 91.6 Å². The molecule has 8 atom stereocenters. The Bertz CT molecular complexity index is 2140. The van der Waals surface area contributed by atoms with Crippen LogP contribution in [0.2, 0.25) is 0 Å². The molecule has 0 radical (unpaired) electrons. The van der Waals surface area contributed by atoms with Crippen LogP contribution in [0.3, 0.4) is 0 Å². The number of esters is 1. The van der Waals surface area contributed by atoms with Crippen molar-refractivity contribution in [2.45, 2.75) is 107 Å². The first kappa shape index (κ1) is 45.1. The van der Waals surface area contributed by atoms with E-state index in [-0.39, 0.29) is 29.6 Å². The van der Waals surface area contributed by atoms with Crippen molar-refractivity contribution in [3.63, 3.8) is 0 Å². The Morgan fingerprint density at radius 1 is 0.714 bits per heavy atom. The van der Waals surface area contributed by atoms with E-state index in [1.165, 1.54) is 53.5 Å². The number of methoxy groups -OCH3 is 6. The van der Waals surface area contributed by atoms with Crippen LogP contribution in [-0.4, -0.2) is 123 Å². The van der Waals surface area contributed by atoms with E-state index in [0.29, 0.717) is 25.0 Å². The predicted octanol–water partition coefficient (Wildman–Crippen LogP) is 8.36. The third-order valence-corrected chi connectivity index (χ3v) is 15.9. The van der Waals surface area contributed by atoms with Gasteiger partial charge in [-0.2, -0.15) is 0 Å². The van der Waals surface area contributed by atoms with Gasteiger partial charge in [0.25, 0.3) is 0 Å². The Balaban J connectivity index is 0.780. The molecule has 1 fully saturated rings. The number of carbonyl (C=O) groups excluding carboxylic acids is 1. The molecular formula is C52H72N2O9+2. The first-order chi connectivity index (χ1) is 30.6. The second kappa shape index (κ2) is 18.9. The number of carbonyl (C=O) groups is 1. The topological polar surface area (TPSA) is 90.9 Å². The Labute approximate surface area is 375 Å². The molecule has 3 aromatic rings. The van der Waals surface area contributed by atoms with E-state index in [0.717, 1.165) is 115 Å². The fourth-order valence-corrected chi connectivity index (χ4v) is 12.3. The third kappa shape index (κ3) is 8.38. The predicted molar refractivity (Wildman–Crippen MR) is 244 cm³/mol. The summed E-state index contributed by atoms with van der Waals surface area (Å²) in [5.41, 5.74) is 6.48. The summed E-state index contributed by atoms with van der Waals surface area (Å²) in [5.74, 6) is 5.04. The number of rotatable bonds is 21. The van der Waals surface area contributed by atoms with Gasteiger partial charge in [-0.15, -0.1) is 0 Å². The number of hydrogen-bond donors (Lipinski definition) is 0. The number of benzene rings is 3. The standard InChI is InChI=1S/C52H72N2O9/c1-53(26-22-36-33-46(60-7)47(61-8)34-38(36)40(53)30-35-16-19-42(56-3)45(31-35)59-6)25-14-12-10-9-11-13-15-29-62-48(55)23-27-54(2)28-24-52-39-18-21-44(58-5)51(52)63-50-43(57-4)20-17-37(49(50)52)32-41(39)54/h16-21,31,33-34,39-41,44,51H,9-15,22-30,32H2,1-8H3/q+2/t39?,40-,41-,44+,51?,52?,53?,54?/m1/s1. The molecule has 3 heterocycles. The summed E-state index contributed by atoms with van der Waals surface area (Å²) in [5, 5.41) is 0. The number of piperidine rings is 1. The minimum absolute atomic E-state index is 0.0711. The zero-order valence-electron chi connectivity index (χ0n) is 39.2. The molecule has 0 amide bonds. The minimum atomic E-state index is -0.128. The van der Waals surface area contributed by atoms with Gasteiger partial charge in [0, 0.05) is 49.8 Å². The minimum Gasteiger partial charge on any atom is -0.493 e. The van der Waals surface area contributed by atoms with Crippen molar-refractivity contribution in [2.75, 3.05) is 89.5 Å². The van der Waals surface area contributed by atoms with Crippen molar-refractivity contribution in [2.24, 2.45) is 5.92 Å². The molecule has 11 nitrogen and oxygen atoms in total. The van der Waals surface area contributed by atoms with Crippen LogP contribution in [0.4, 0.5) is 0 Å². The van der Waals surface area contributed by atoms with Crippen LogP contribution in [0, 0.1) is 5.92 Å². The third-order valence-electron chi connectivity index (χ3n) is 15.9. The molecule has 1 saturated heterocycles. The normalized spacial score (nSPS) is 28.3. The Hall–Kier alpha value is -4.45. The van der Waals surface area contributed by atoms with E-state index < -0.39 is 0 Å². The van der Waals surface area contributed by atoms with Crippen molar-refractivity contribution >= 4 is 5.97 Å². The van der Waals surface area contributed by atoms with E-state index in [1.54, 1.807) is 42.7 Å². The summed E-state index contributed by atoms with van der Waals surface area (Å²) in [6.45, 7) is 4.47. The molecule has 5 unspecified atom stereocenters. The van der Waals surface area contributed by atoms with Crippen molar-refractivity contribution in [1.29, 1.82) is 0 Å². The highest BCUT2D eigenvalue weighted by Crippen LogP contribution is 2.63. The molecule has 63 heavy (non-hydrogen) atoms. The lowest BCUT2D eigenvalue weighted by molar-refractivity contribution is -0.943. The molecule has 8 rings (SSSR count). The summed E-state index contributed by atoms with van der Waals surface area (Å²) < 4.78 is 48.9. The summed E-state index contributed by atoms with van der Waals surface area (Å²) in [4.78, 5) is 13.1. The maximum absolute atomic E-state index is 13.1. The lowest BCUT2D eigenvalue weighted by atomic mass is 9.52. The van der Waals surface area contributed by atoms with Gasteiger partial charge < -0.3 is 46.9 Å². The molecule has 0 N–H and O–H groups in total. The number of unbranched alkanes of at least 4 members (excludes halogenated alkanes) is 6. The highest BCUT2D eigenvalue weighted by atomic mass is 16.6. The van der Waals surface area contributed by atoms with Gasteiger partial charge in [0.05, 0.1) is 94.3 Å². The molecule has 11 heteroatoms. The average molecular weight is 869 g/mol. The summed E-state index contributed by atoms with van der Waals surface area (Å²) in [6, 6.07) is 15.6. The van der Waals surface area contributed by atoms with Crippen molar-refractivity contribution in [1.82, 2.24) is 0 Å². The lowest BCUT2D eigenvalue weighted by Crippen LogP contribution is -2.71. The van der Waals surface area contributed by atoms with Crippen molar-refractivity contribution in [3.8, 4) is 34.5 Å². The van der Waals surface area contributed by atoms with Crippen LogP contribution < -0.4 is 28.4 Å². The van der Waals surface area contributed by atoms with Gasteiger partial charge in [-0.25, -0.2) is 0 Å². The van der Waals surface area contributed by atoms with Crippen LogP contribution >= 0.6 is 0 Å².